The number of nitrogens with one attached hydrogen (secondary N) is 1. The van der Waals surface area contributed by atoms with E-state index in [0.29, 0.717) is 41.1 Å². The van der Waals surface area contributed by atoms with Crippen molar-refractivity contribution in [1.29, 1.82) is 0 Å². The Morgan fingerprint density at radius 1 is 0.895 bits per heavy atom. The molecule has 1 aliphatic rings. The number of nitrogens with zero attached hydrogens (tertiary/aromatic N) is 4. The molecule has 8 nitrogen and oxygen atoms in total. The number of carbonyl (C=O) groups excluding carboxylic acids is 1. The number of hydrogen-bond acceptors (Lipinski definition) is 5. The predicted molar refractivity (Wildman–Crippen MR) is 149 cm³/mol. The maximum atomic E-state index is 13.7. The molecule has 0 spiro atoms. The summed E-state index contributed by atoms with van der Waals surface area (Å²) in [4.78, 5) is 18.6. The van der Waals surface area contributed by atoms with Crippen molar-refractivity contribution in [2.45, 2.75) is 58.8 Å². The predicted octanol–water partition coefficient (Wildman–Crippen LogP) is 5.37. The number of sulfonamides is 1. The fourth-order valence-electron chi connectivity index (χ4n) is 5.16. The molecule has 4 aromatic rings. The molecule has 1 aliphatic heterocycles. The molecule has 1 saturated heterocycles. The Kier molecular flexibility index (Phi) is 6.83. The zero-order chi connectivity index (χ0) is 27.2. The van der Waals surface area contributed by atoms with Crippen LogP contribution in [0.4, 0.5) is 5.69 Å². The third kappa shape index (κ3) is 4.72. The van der Waals surface area contributed by atoms with Crippen LogP contribution in [-0.2, 0) is 10.0 Å². The first-order valence-electron chi connectivity index (χ1n) is 12.9. The third-order valence-electron chi connectivity index (χ3n) is 7.15. The van der Waals surface area contributed by atoms with E-state index in [1.807, 2.05) is 58.0 Å². The van der Waals surface area contributed by atoms with Gasteiger partial charge in [-0.15, -0.1) is 0 Å². The smallest absolute Gasteiger partial charge is 0.276 e. The highest BCUT2D eigenvalue weighted by molar-refractivity contribution is 7.89. The lowest BCUT2D eigenvalue weighted by Gasteiger charge is -2.26. The second-order valence-corrected chi connectivity index (χ2v) is 12.1. The summed E-state index contributed by atoms with van der Waals surface area (Å²) in [5.41, 5.74) is 6.82. The molecule has 9 heteroatoms. The fourth-order valence-corrected chi connectivity index (χ4v) is 6.93. The van der Waals surface area contributed by atoms with Crippen molar-refractivity contribution < 1.29 is 13.2 Å². The molecule has 1 fully saturated rings. The van der Waals surface area contributed by atoms with Gasteiger partial charge in [-0.25, -0.2) is 17.9 Å². The van der Waals surface area contributed by atoms with E-state index in [2.05, 4.69) is 10.4 Å². The number of carbonyl (C=O) groups is 1. The fraction of sp³-hybridized carbons (Fsp3) is 0.345. The number of benzene rings is 2. The first-order valence-corrected chi connectivity index (χ1v) is 14.4. The van der Waals surface area contributed by atoms with Crippen LogP contribution in [0.25, 0.3) is 16.8 Å². The standard InChI is InChI=1S/C29H33N5O3S/c1-18-9-12-24(20(3)15-18)31-29(35)27-26(28-30-21(4)16-22(5)34(28)32-27)23-11-10-19(2)25(17-23)38(36,37)33-13-7-6-8-14-33/h9-12,15-17H,6-8,13-14H2,1-5H3,(H,31,35). The SMILES string of the molecule is Cc1ccc(NC(=O)c2nn3c(C)cc(C)nc3c2-c2ccc(C)c(S(=O)(=O)N3CCCCC3)c2)c(C)c1. The highest BCUT2D eigenvalue weighted by atomic mass is 32.2. The highest BCUT2D eigenvalue weighted by Gasteiger charge is 2.29. The van der Waals surface area contributed by atoms with Crippen molar-refractivity contribution in [1.82, 2.24) is 18.9 Å². The van der Waals surface area contributed by atoms with Crippen LogP contribution in [0.5, 0.6) is 0 Å². The van der Waals surface area contributed by atoms with E-state index in [4.69, 9.17) is 4.98 Å². The molecule has 5 rings (SSSR count). The molecule has 0 atom stereocenters. The molecule has 0 radical (unpaired) electrons. The minimum absolute atomic E-state index is 0.191. The maximum Gasteiger partial charge on any atom is 0.276 e. The number of aromatic nitrogens is 3. The van der Waals surface area contributed by atoms with Gasteiger partial charge in [0.05, 0.1) is 10.5 Å². The molecule has 2 aromatic carbocycles. The van der Waals surface area contributed by atoms with Crippen molar-refractivity contribution in [2.24, 2.45) is 0 Å². The average Bonchev–Trinajstić information content (AvgIpc) is 3.26. The van der Waals surface area contributed by atoms with Crippen molar-refractivity contribution in [3.63, 3.8) is 0 Å². The Bertz CT molecular complexity index is 1670. The minimum Gasteiger partial charge on any atom is -0.320 e. The molecule has 2 aromatic heterocycles. The minimum atomic E-state index is -3.68. The molecule has 0 saturated carbocycles. The first kappa shape index (κ1) is 26.1. The van der Waals surface area contributed by atoms with E-state index in [9.17, 15) is 13.2 Å². The molecular formula is C29H33N5O3S. The lowest BCUT2D eigenvalue weighted by molar-refractivity contribution is 0.102. The molecule has 38 heavy (non-hydrogen) atoms. The largest absolute Gasteiger partial charge is 0.320 e. The van der Waals surface area contributed by atoms with Gasteiger partial charge in [-0.05, 0) is 82.3 Å². The van der Waals surface area contributed by atoms with Crippen LogP contribution >= 0.6 is 0 Å². The quantitative estimate of drug-likeness (QED) is 0.374. The van der Waals surface area contributed by atoms with Crippen LogP contribution in [0.3, 0.4) is 0 Å². The van der Waals surface area contributed by atoms with Gasteiger partial charge in [0.2, 0.25) is 10.0 Å². The second kappa shape index (κ2) is 9.96. The Hall–Kier alpha value is -3.56. The summed E-state index contributed by atoms with van der Waals surface area (Å²) in [5, 5.41) is 7.66. The number of piperidine rings is 1. The van der Waals surface area contributed by atoms with Crippen LogP contribution in [0, 0.1) is 34.6 Å². The zero-order valence-electron chi connectivity index (χ0n) is 22.5. The van der Waals surface area contributed by atoms with Gasteiger partial charge >= 0.3 is 0 Å². The molecule has 1 N–H and O–H groups in total. The second-order valence-electron chi connectivity index (χ2n) is 10.2. The van der Waals surface area contributed by atoms with Crippen LogP contribution in [-0.4, -0.2) is 46.3 Å². The van der Waals surface area contributed by atoms with E-state index < -0.39 is 10.0 Å². The highest BCUT2D eigenvalue weighted by Crippen LogP contribution is 2.33. The van der Waals surface area contributed by atoms with Crippen LogP contribution in [0.2, 0.25) is 0 Å². The summed E-state index contributed by atoms with van der Waals surface area (Å²) in [6, 6.07) is 13.0. The van der Waals surface area contributed by atoms with E-state index in [1.54, 1.807) is 27.9 Å². The third-order valence-corrected chi connectivity index (χ3v) is 9.19. The molecule has 0 aliphatic carbocycles. The average molecular weight is 532 g/mol. The number of amides is 1. The van der Waals surface area contributed by atoms with Gasteiger partial charge in [0.25, 0.3) is 5.91 Å². The normalized spacial score (nSPS) is 14.7. The molecule has 0 unspecified atom stereocenters. The summed E-state index contributed by atoms with van der Waals surface area (Å²) in [6.45, 7) is 10.6. The number of anilines is 1. The number of aryl methyl sites for hydroxylation is 5. The van der Waals surface area contributed by atoms with E-state index in [0.717, 1.165) is 41.8 Å². The summed E-state index contributed by atoms with van der Waals surface area (Å²) in [7, 11) is -3.68. The van der Waals surface area contributed by atoms with Crippen molar-refractivity contribution in [3.05, 3.63) is 76.2 Å². The van der Waals surface area contributed by atoms with E-state index in [-0.39, 0.29) is 16.5 Å². The summed E-state index contributed by atoms with van der Waals surface area (Å²) in [5.74, 6) is -0.379. The van der Waals surface area contributed by atoms with Crippen LogP contribution in [0.1, 0.15) is 57.8 Å². The molecule has 1 amide bonds. The number of hydrogen-bond donors (Lipinski definition) is 1. The zero-order valence-corrected chi connectivity index (χ0v) is 23.3. The van der Waals surface area contributed by atoms with Crippen molar-refractivity contribution in [3.8, 4) is 11.1 Å². The van der Waals surface area contributed by atoms with E-state index >= 15 is 0 Å². The monoisotopic (exact) mass is 531 g/mol. The summed E-state index contributed by atoms with van der Waals surface area (Å²) in [6.07, 6.45) is 2.76. The Balaban J connectivity index is 1.67. The maximum absolute atomic E-state index is 13.7. The number of fused-ring (bicyclic) bond motifs is 1. The molecule has 0 bridgehead atoms. The van der Waals surface area contributed by atoms with Crippen molar-refractivity contribution in [2.75, 3.05) is 18.4 Å². The van der Waals surface area contributed by atoms with E-state index in [1.165, 1.54) is 0 Å². The van der Waals surface area contributed by atoms with Gasteiger partial charge < -0.3 is 5.32 Å². The van der Waals surface area contributed by atoms with Crippen LogP contribution < -0.4 is 5.32 Å². The van der Waals surface area contributed by atoms with Gasteiger partial charge in [-0.2, -0.15) is 9.40 Å². The lowest BCUT2D eigenvalue weighted by Crippen LogP contribution is -2.35. The van der Waals surface area contributed by atoms with Gasteiger partial charge in [-0.1, -0.05) is 36.2 Å². The summed E-state index contributed by atoms with van der Waals surface area (Å²) >= 11 is 0. The first-order chi connectivity index (χ1) is 18.1. The Morgan fingerprint density at radius 3 is 2.34 bits per heavy atom. The van der Waals surface area contributed by atoms with Gasteiger partial charge in [-0.3, -0.25) is 4.79 Å². The van der Waals surface area contributed by atoms with Gasteiger partial charge in [0.15, 0.2) is 11.3 Å². The summed E-state index contributed by atoms with van der Waals surface area (Å²) < 4.78 is 30.5. The lowest BCUT2D eigenvalue weighted by atomic mass is 10.0. The Morgan fingerprint density at radius 2 is 1.63 bits per heavy atom. The van der Waals surface area contributed by atoms with Gasteiger partial charge in [0.1, 0.15) is 0 Å². The topological polar surface area (TPSA) is 96.7 Å². The number of rotatable bonds is 5. The molecule has 198 valence electrons. The Labute approximate surface area is 223 Å². The van der Waals surface area contributed by atoms with Gasteiger partial charge in [0, 0.05) is 30.2 Å². The van der Waals surface area contributed by atoms with Crippen molar-refractivity contribution >= 4 is 27.3 Å². The van der Waals surface area contributed by atoms with Crippen LogP contribution in [0.15, 0.2) is 47.4 Å². The molecule has 3 heterocycles. The molecular weight excluding hydrogens is 498 g/mol.